The molecule has 3 rings (SSSR count). The molecule has 4 nitrogen and oxygen atoms in total. The summed E-state index contributed by atoms with van der Waals surface area (Å²) >= 11 is 1.51. The highest BCUT2D eigenvalue weighted by Gasteiger charge is 2.10. The molecular formula is C12H11FN4S. The number of benzene rings is 1. The lowest BCUT2D eigenvalue weighted by molar-refractivity contribution is 0.628. The highest BCUT2D eigenvalue weighted by molar-refractivity contribution is 7.15. The van der Waals surface area contributed by atoms with Crippen LogP contribution in [0.15, 0.2) is 29.6 Å². The number of rotatable bonds is 3. The Morgan fingerprint density at radius 2 is 2.06 bits per heavy atom. The lowest BCUT2D eigenvalue weighted by Crippen LogP contribution is -2.04. The van der Waals surface area contributed by atoms with Gasteiger partial charge in [0.2, 0.25) is 4.96 Å². The van der Waals surface area contributed by atoms with Gasteiger partial charge in [0.25, 0.3) is 0 Å². The SMILES string of the molecule is NCCc1nc2scc(-c3ccc(F)cc3)n2n1. The van der Waals surface area contributed by atoms with Crippen molar-refractivity contribution in [3.63, 3.8) is 0 Å². The third-order valence-corrected chi connectivity index (χ3v) is 3.45. The van der Waals surface area contributed by atoms with Gasteiger partial charge < -0.3 is 5.73 Å². The standard InChI is InChI=1S/C12H11FN4S/c13-9-3-1-8(2-4-9)10-7-18-12-15-11(5-6-14)16-17(10)12/h1-4,7H,5-6,14H2. The van der Waals surface area contributed by atoms with Crippen molar-refractivity contribution in [2.75, 3.05) is 6.54 Å². The summed E-state index contributed by atoms with van der Waals surface area (Å²) in [5.74, 6) is 0.500. The van der Waals surface area contributed by atoms with E-state index < -0.39 is 0 Å². The van der Waals surface area contributed by atoms with Gasteiger partial charge in [-0.25, -0.2) is 13.9 Å². The lowest BCUT2D eigenvalue weighted by Gasteiger charge is -1.98. The van der Waals surface area contributed by atoms with Crippen LogP contribution < -0.4 is 5.73 Å². The first-order valence-electron chi connectivity index (χ1n) is 5.57. The number of nitrogens with zero attached hydrogens (tertiary/aromatic N) is 3. The fourth-order valence-electron chi connectivity index (χ4n) is 1.78. The first kappa shape index (κ1) is 11.3. The Kier molecular flexibility index (Phi) is 2.81. The van der Waals surface area contributed by atoms with E-state index in [-0.39, 0.29) is 5.82 Å². The van der Waals surface area contributed by atoms with Crippen LogP contribution in [0, 0.1) is 5.82 Å². The maximum atomic E-state index is 12.9. The summed E-state index contributed by atoms with van der Waals surface area (Å²) < 4.78 is 14.7. The number of halogens is 1. The van der Waals surface area contributed by atoms with Gasteiger partial charge >= 0.3 is 0 Å². The fourth-order valence-corrected chi connectivity index (χ4v) is 2.63. The molecule has 0 atom stereocenters. The molecule has 0 spiro atoms. The van der Waals surface area contributed by atoms with Crippen LogP contribution in [-0.2, 0) is 6.42 Å². The van der Waals surface area contributed by atoms with E-state index in [9.17, 15) is 4.39 Å². The fraction of sp³-hybridized carbons (Fsp3) is 0.167. The van der Waals surface area contributed by atoms with Gasteiger partial charge in [-0.15, -0.1) is 16.4 Å². The molecule has 0 radical (unpaired) electrons. The molecule has 0 aliphatic heterocycles. The van der Waals surface area contributed by atoms with Crippen LogP contribution >= 0.6 is 11.3 Å². The summed E-state index contributed by atoms with van der Waals surface area (Å²) in [5.41, 5.74) is 7.33. The molecule has 6 heteroatoms. The number of aromatic nitrogens is 3. The van der Waals surface area contributed by atoms with Crippen LogP contribution in [0.5, 0.6) is 0 Å². The van der Waals surface area contributed by atoms with Crippen molar-refractivity contribution in [1.82, 2.24) is 14.6 Å². The van der Waals surface area contributed by atoms with E-state index in [1.165, 1.54) is 23.5 Å². The van der Waals surface area contributed by atoms with Crippen LogP contribution in [0.3, 0.4) is 0 Å². The molecule has 2 aromatic heterocycles. The van der Waals surface area contributed by atoms with Crippen molar-refractivity contribution >= 4 is 16.3 Å². The zero-order chi connectivity index (χ0) is 12.5. The molecule has 0 aliphatic carbocycles. The number of hydrogen-bond acceptors (Lipinski definition) is 4. The number of fused-ring (bicyclic) bond motifs is 1. The number of thiazole rings is 1. The Bertz CT molecular complexity index is 671. The predicted octanol–water partition coefficient (Wildman–Crippen LogP) is 2.10. The summed E-state index contributed by atoms with van der Waals surface area (Å²) in [4.78, 5) is 5.21. The van der Waals surface area contributed by atoms with Crippen LogP contribution in [0.1, 0.15) is 5.82 Å². The molecule has 18 heavy (non-hydrogen) atoms. The summed E-state index contributed by atoms with van der Waals surface area (Å²) in [5, 5.41) is 6.37. The quantitative estimate of drug-likeness (QED) is 0.786. The molecule has 0 aliphatic rings. The van der Waals surface area contributed by atoms with E-state index in [1.54, 1.807) is 16.6 Å². The minimum atomic E-state index is -0.243. The van der Waals surface area contributed by atoms with Crippen molar-refractivity contribution in [2.24, 2.45) is 5.73 Å². The Morgan fingerprint density at radius 3 is 2.78 bits per heavy atom. The van der Waals surface area contributed by atoms with E-state index in [0.717, 1.165) is 22.0 Å². The molecule has 0 fully saturated rings. The van der Waals surface area contributed by atoms with E-state index in [1.807, 2.05) is 5.38 Å². The summed E-state index contributed by atoms with van der Waals surface area (Å²) in [6.45, 7) is 0.531. The third-order valence-electron chi connectivity index (χ3n) is 2.63. The third kappa shape index (κ3) is 1.89. The van der Waals surface area contributed by atoms with Crippen molar-refractivity contribution in [1.29, 1.82) is 0 Å². The van der Waals surface area contributed by atoms with Gasteiger partial charge in [-0.3, -0.25) is 0 Å². The number of hydrogen-bond donors (Lipinski definition) is 1. The Morgan fingerprint density at radius 1 is 1.28 bits per heavy atom. The van der Waals surface area contributed by atoms with E-state index in [0.29, 0.717) is 13.0 Å². The van der Waals surface area contributed by atoms with Gasteiger partial charge in [-0.05, 0) is 30.8 Å². The zero-order valence-corrected chi connectivity index (χ0v) is 10.3. The van der Waals surface area contributed by atoms with Crippen molar-refractivity contribution in [3.05, 3.63) is 41.3 Å². The molecule has 0 amide bonds. The van der Waals surface area contributed by atoms with Crippen LogP contribution in [0.25, 0.3) is 16.2 Å². The van der Waals surface area contributed by atoms with Crippen LogP contribution in [-0.4, -0.2) is 21.1 Å². The molecule has 2 heterocycles. The van der Waals surface area contributed by atoms with Gasteiger partial charge in [-0.2, -0.15) is 0 Å². The summed E-state index contributed by atoms with van der Waals surface area (Å²) in [6.07, 6.45) is 0.664. The largest absolute Gasteiger partial charge is 0.330 e. The van der Waals surface area contributed by atoms with Crippen molar-refractivity contribution in [3.8, 4) is 11.3 Å². The van der Waals surface area contributed by atoms with E-state index in [2.05, 4.69) is 10.1 Å². The average molecular weight is 262 g/mol. The van der Waals surface area contributed by atoms with Gasteiger partial charge in [0, 0.05) is 17.4 Å². The molecular weight excluding hydrogens is 251 g/mol. The normalized spacial score (nSPS) is 11.2. The smallest absolute Gasteiger partial charge is 0.212 e. The van der Waals surface area contributed by atoms with Gasteiger partial charge in [0.1, 0.15) is 5.82 Å². The Hall–Kier alpha value is -1.79. The van der Waals surface area contributed by atoms with Crippen LogP contribution in [0.2, 0.25) is 0 Å². The van der Waals surface area contributed by atoms with Crippen LogP contribution in [0.4, 0.5) is 4.39 Å². The lowest BCUT2D eigenvalue weighted by atomic mass is 10.2. The Labute approximate surface area is 107 Å². The molecule has 3 aromatic rings. The highest BCUT2D eigenvalue weighted by atomic mass is 32.1. The summed E-state index contributed by atoms with van der Waals surface area (Å²) in [6, 6.07) is 6.36. The second-order valence-electron chi connectivity index (χ2n) is 3.89. The second kappa shape index (κ2) is 4.47. The minimum Gasteiger partial charge on any atom is -0.330 e. The molecule has 2 N–H and O–H groups in total. The minimum absolute atomic E-state index is 0.243. The Balaban J connectivity index is 2.08. The maximum Gasteiger partial charge on any atom is 0.212 e. The topological polar surface area (TPSA) is 56.2 Å². The van der Waals surface area contributed by atoms with E-state index in [4.69, 9.17) is 5.73 Å². The first-order valence-corrected chi connectivity index (χ1v) is 6.45. The molecule has 0 saturated carbocycles. The van der Waals surface area contributed by atoms with Gasteiger partial charge in [0.15, 0.2) is 5.82 Å². The second-order valence-corrected chi connectivity index (χ2v) is 4.73. The molecule has 0 unspecified atom stereocenters. The average Bonchev–Trinajstić information content (AvgIpc) is 2.90. The number of nitrogens with two attached hydrogens (primary N) is 1. The van der Waals surface area contributed by atoms with Crippen molar-refractivity contribution < 1.29 is 4.39 Å². The highest BCUT2D eigenvalue weighted by Crippen LogP contribution is 2.25. The monoisotopic (exact) mass is 262 g/mol. The first-order chi connectivity index (χ1) is 8.78. The van der Waals surface area contributed by atoms with Crippen molar-refractivity contribution in [2.45, 2.75) is 6.42 Å². The zero-order valence-electron chi connectivity index (χ0n) is 9.51. The predicted molar refractivity (Wildman–Crippen MR) is 69.0 cm³/mol. The molecule has 0 saturated heterocycles. The molecule has 0 bridgehead atoms. The summed E-state index contributed by atoms with van der Waals surface area (Å²) in [7, 11) is 0. The maximum absolute atomic E-state index is 12.9. The molecule has 92 valence electrons. The van der Waals surface area contributed by atoms with E-state index >= 15 is 0 Å². The van der Waals surface area contributed by atoms with Gasteiger partial charge in [0.05, 0.1) is 5.69 Å². The van der Waals surface area contributed by atoms with Gasteiger partial charge in [-0.1, -0.05) is 0 Å². The molecule has 1 aromatic carbocycles.